The molecule has 0 unspecified atom stereocenters. The molecule has 0 heterocycles. The number of rotatable bonds is 5. The lowest BCUT2D eigenvalue weighted by molar-refractivity contribution is -0.137. The van der Waals surface area contributed by atoms with Gasteiger partial charge in [0.1, 0.15) is 0 Å². The van der Waals surface area contributed by atoms with Gasteiger partial charge in [-0.2, -0.15) is 0 Å². The first-order valence-electron chi connectivity index (χ1n) is 5.70. The summed E-state index contributed by atoms with van der Waals surface area (Å²) in [5.74, 6) is -1.10. The van der Waals surface area contributed by atoms with Crippen molar-refractivity contribution in [2.24, 2.45) is 0 Å². The molecule has 0 fully saturated rings. The Balaban J connectivity index is 2.72. The number of carboxylic acids is 1. The fourth-order valence-electron chi connectivity index (χ4n) is 1.50. The fourth-order valence-corrected chi connectivity index (χ4v) is 2.13. The summed E-state index contributed by atoms with van der Waals surface area (Å²) in [6.07, 6.45) is 0.393. The van der Waals surface area contributed by atoms with E-state index in [1.807, 2.05) is 0 Å². The first-order valence-corrected chi connectivity index (χ1v) is 7.16. The summed E-state index contributed by atoms with van der Waals surface area (Å²) >= 11 is 7.95. The zero-order chi connectivity index (χ0) is 14.6. The molecule has 2 N–H and O–H groups in total. The monoisotopic (exact) mass is 395 g/mol. The Labute approximate surface area is 130 Å². The molecule has 19 heavy (non-hydrogen) atoms. The average molecular weight is 396 g/mol. The smallest absolute Gasteiger partial charge is 0.303 e. The number of benzene rings is 1. The number of carboxylic acid groups (broad SMARTS) is 1. The van der Waals surface area contributed by atoms with Crippen molar-refractivity contribution >= 4 is 46.1 Å². The van der Waals surface area contributed by atoms with Gasteiger partial charge in [-0.1, -0.05) is 11.6 Å². The topological polar surface area (TPSA) is 66.4 Å². The molecule has 0 aromatic heterocycles. The number of aliphatic carboxylic acids is 1. The number of amides is 1. The molecule has 1 aromatic rings. The van der Waals surface area contributed by atoms with Crippen LogP contribution in [0.2, 0.25) is 5.02 Å². The Morgan fingerprint density at radius 2 is 2.05 bits per heavy atom. The molecule has 0 saturated heterocycles. The molecule has 0 aliphatic heterocycles. The van der Waals surface area contributed by atoms with Gasteiger partial charge >= 0.3 is 5.97 Å². The standard InChI is InChI=1S/C13H15ClINO3/c1-13(2,6-5-11(17)18)16-12(19)8-3-4-9(14)10(15)7-8/h3-4,7H,5-6H2,1-2H3,(H,16,19)(H,17,18). The second kappa shape index (κ2) is 6.56. The van der Waals surface area contributed by atoms with Gasteiger partial charge in [-0.15, -0.1) is 0 Å². The lowest BCUT2D eigenvalue weighted by Gasteiger charge is -2.25. The second-order valence-electron chi connectivity index (χ2n) is 4.86. The predicted molar refractivity (Wildman–Crippen MR) is 82.6 cm³/mol. The molecule has 0 saturated carbocycles. The van der Waals surface area contributed by atoms with E-state index in [9.17, 15) is 9.59 Å². The van der Waals surface area contributed by atoms with E-state index >= 15 is 0 Å². The molecule has 6 heteroatoms. The van der Waals surface area contributed by atoms with Crippen LogP contribution >= 0.6 is 34.2 Å². The van der Waals surface area contributed by atoms with Gasteiger partial charge in [0.05, 0.1) is 5.02 Å². The van der Waals surface area contributed by atoms with Gasteiger partial charge in [-0.05, 0) is 61.1 Å². The zero-order valence-corrected chi connectivity index (χ0v) is 13.6. The molecule has 1 amide bonds. The highest BCUT2D eigenvalue weighted by atomic mass is 127. The van der Waals surface area contributed by atoms with E-state index in [2.05, 4.69) is 27.9 Å². The number of hydrogen-bond acceptors (Lipinski definition) is 2. The molecule has 1 aromatic carbocycles. The number of halogens is 2. The molecule has 104 valence electrons. The number of carbonyl (C=O) groups is 2. The van der Waals surface area contributed by atoms with E-state index in [0.29, 0.717) is 17.0 Å². The van der Waals surface area contributed by atoms with Crippen molar-refractivity contribution in [3.8, 4) is 0 Å². The Morgan fingerprint density at radius 3 is 2.58 bits per heavy atom. The maximum atomic E-state index is 12.1. The molecular formula is C13H15ClINO3. The van der Waals surface area contributed by atoms with Crippen LogP contribution in [0.3, 0.4) is 0 Å². The minimum Gasteiger partial charge on any atom is -0.481 e. The Hall–Kier alpha value is -0.820. The van der Waals surface area contributed by atoms with Crippen LogP contribution in [0.4, 0.5) is 0 Å². The lowest BCUT2D eigenvalue weighted by atomic mass is 9.98. The van der Waals surface area contributed by atoms with Gasteiger partial charge in [0, 0.05) is 21.1 Å². The van der Waals surface area contributed by atoms with Crippen molar-refractivity contribution in [1.82, 2.24) is 5.32 Å². The molecule has 0 radical (unpaired) electrons. The molecule has 4 nitrogen and oxygen atoms in total. The van der Waals surface area contributed by atoms with E-state index < -0.39 is 11.5 Å². The summed E-state index contributed by atoms with van der Waals surface area (Å²) in [7, 11) is 0. The summed E-state index contributed by atoms with van der Waals surface area (Å²) in [5.41, 5.74) is -0.0576. The fraction of sp³-hybridized carbons (Fsp3) is 0.385. The van der Waals surface area contributed by atoms with Gasteiger partial charge in [0.15, 0.2) is 0 Å². The molecule has 0 aliphatic carbocycles. The summed E-state index contributed by atoms with van der Waals surface area (Å²) in [4.78, 5) is 22.6. The van der Waals surface area contributed by atoms with Crippen LogP contribution in [-0.2, 0) is 4.79 Å². The highest BCUT2D eigenvalue weighted by molar-refractivity contribution is 14.1. The maximum Gasteiger partial charge on any atom is 0.303 e. The molecule has 0 bridgehead atoms. The van der Waals surface area contributed by atoms with E-state index in [1.54, 1.807) is 32.0 Å². The summed E-state index contributed by atoms with van der Waals surface area (Å²) in [5, 5.41) is 12.1. The quantitative estimate of drug-likeness (QED) is 0.752. The first-order chi connectivity index (χ1) is 8.71. The van der Waals surface area contributed by atoms with Crippen molar-refractivity contribution in [1.29, 1.82) is 0 Å². The number of carbonyl (C=O) groups excluding carboxylic acids is 1. The van der Waals surface area contributed by atoms with Crippen molar-refractivity contribution < 1.29 is 14.7 Å². The van der Waals surface area contributed by atoms with Crippen molar-refractivity contribution in [2.45, 2.75) is 32.2 Å². The van der Waals surface area contributed by atoms with Gasteiger partial charge in [0.25, 0.3) is 5.91 Å². The van der Waals surface area contributed by atoms with Crippen LogP contribution in [0.25, 0.3) is 0 Å². The second-order valence-corrected chi connectivity index (χ2v) is 6.43. The van der Waals surface area contributed by atoms with E-state index in [-0.39, 0.29) is 12.3 Å². The van der Waals surface area contributed by atoms with E-state index in [1.165, 1.54) is 0 Å². The zero-order valence-electron chi connectivity index (χ0n) is 10.7. The molecular weight excluding hydrogens is 381 g/mol. The Kier molecular flexibility index (Phi) is 5.61. The third kappa shape index (κ3) is 5.36. The number of nitrogens with one attached hydrogen (secondary N) is 1. The van der Waals surface area contributed by atoms with E-state index in [4.69, 9.17) is 16.7 Å². The predicted octanol–water partition coefficient (Wildman–Crippen LogP) is 3.32. The Morgan fingerprint density at radius 1 is 1.42 bits per heavy atom. The lowest BCUT2D eigenvalue weighted by Crippen LogP contribution is -2.43. The number of hydrogen-bond donors (Lipinski definition) is 2. The SMILES string of the molecule is CC(C)(CCC(=O)O)NC(=O)c1ccc(Cl)c(I)c1. The minimum absolute atomic E-state index is 0.0193. The van der Waals surface area contributed by atoms with Gasteiger partial charge in [-0.3, -0.25) is 9.59 Å². The first kappa shape index (κ1) is 16.2. The van der Waals surface area contributed by atoms with Gasteiger partial charge in [-0.25, -0.2) is 0 Å². The van der Waals surface area contributed by atoms with Gasteiger partial charge in [0.2, 0.25) is 0 Å². The molecule has 1 rings (SSSR count). The summed E-state index contributed by atoms with van der Waals surface area (Å²) in [6.45, 7) is 3.60. The van der Waals surface area contributed by atoms with Gasteiger partial charge < -0.3 is 10.4 Å². The minimum atomic E-state index is -0.872. The molecule has 0 atom stereocenters. The van der Waals surface area contributed by atoms with Crippen LogP contribution in [0.1, 0.15) is 37.0 Å². The highest BCUT2D eigenvalue weighted by Crippen LogP contribution is 2.20. The third-order valence-electron chi connectivity index (χ3n) is 2.60. The van der Waals surface area contributed by atoms with Crippen molar-refractivity contribution in [3.63, 3.8) is 0 Å². The van der Waals surface area contributed by atoms with Crippen LogP contribution in [-0.4, -0.2) is 22.5 Å². The summed E-state index contributed by atoms with van der Waals surface area (Å²) in [6, 6.07) is 5.01. The van der Waals surface area contributed by atoms with Crippen LogP contribution in [0.5, 0.6) is 0 Å². The van der Waals surface area contributed by atoms with E-state index in [0.717, 1.165) is 3.57 Å². The molecule has 0 aliphatic rings. The highest BCUT2D eigenvalue weighted by Gasteiger charge is 2.22. The normalized spacial score (nSPS) is 11.2. The molecule has 0 spiro atoms. The van der Waals surface area contributed by atoms with Crippen LogP contribution in [0, 0.1) is 3.57 Å². The van der Waals surface area contributed by atoms with Crippen LogP contribution < -0.4 is 5.32 Å². The van der Waals surface area contributed by atoms with Crippen LogP contribution in [0.15, 0.2) is 18.2 Å². The van der Waals surface area contributed by atoms with Crippen molar-refractivity contribution in [3.05, 3.63) is 32.4 Å². The Bertz CT molecular complexity index is 503. The summed E-state index contributed by atoms with van der Waals surface area (Å²) < 4.78 is 0.801. The average Bonchev–Trinajstić information content (AvgIpc) is 2.29. The maximum absolute atomic E-state index is 12.1. The largest absolute Gasteiger partial charge is 0.481 e. The third-order valence-corrected chi connectivity index (χ3v) is 4.14. The van der Waals surface area contributed by atoms with Crippen molar-refractivity contribution in [2.75, 3.05) is 0 Å².